The molecule has 7 heteroatoms. The van der Waals surface area contributed by atoms with E-state index in [1.165, 1.54) is 32.2 Å². The second-order valence-electron chi connectivity index (χ2n) is 3.60. The van der Waals surface area contributed by atoms with Crippen LogP contribution in [0.15, 0.2) is 24.3 Å². The minimum Gasteiger partial charge on any atom is -0.449 e. The summed E-state index contributed by atoms with van der Waals surface area (Å²) in [6.07, 6.45) is -1.22. The molecule has 0 saturated heterocycles. The highest BCUT2D eigenvalue weighted by Crippen LogP contribution is 2.09. The number of carbonyl (C=O) groups is 3. The van der Waals surface area contributed by atoms with Gasteiger partial charge < -0.3 is 10.1 Å². The smallest absolute Gasteiger partial charge is 0.341 e. The molecule has 0 radical (unpaired) electrons. The predicted molar refractivity (Wildman–Crippen MR) is 63.9 cm³/mol. The van der Waals surface area contributed by atoms with Gasteiger partial charge in [-0.05, 0) is 19.1 Å². The molecule has 0 unspecified atom stereocenters. The lowest BCUT2D eigenvalue weighted by atomic mass is 10.2. The minimum absolute atomic E-state index is 0.276. The maximum absolute atomic E-state index is 13.3. The zero-order chi connectivity index (χ0) is 14.4. The molecule has 0 saturated carbocycles. The first kappa shape index (κ1) is 14.6. The van der Waals surface area contributed by atoms with E-state index >= 15 is 0 Å². The van der Waals surface area contributed by atoms with Crippen molar-refractivity contribution in [3.63, 3.8) is 0 Å². The highest BCUT2D eigenvalue weighted by atomic mass is 19.1. The first-order valence-corrected chi connectivity index (χ1v) is 5.43. The summed E-state index contributed by atoms with van der Waals surface area (Å²) in [5, 5.41) is 4.11. The molecule has 2 N–H and O–H groups in total. The van der Waals surface area contributed by atoms with Gasteiger partial charge in [0.1, 0.15) is 5.82 Å². The molecule has 3 amide bonds. The van der Waals surface area contributed by atoms with Crippen molar-refractivity contribution >= 4 is 17.9 Å². The lowest BCUT2D eigenvalue weighted by Gasteiger charge is -2.12. The average Bonchev–Trinajstić information content (AvgIpc) is 2.38. The molecule has 0 aliphatic rings. The number of imide groups is 1. The minimum atomic E-state index is -1.22. The van der Waals surface area contributed by atoms with Crippen LogP contribution in [0.4, 0.5) is 9.18 Å². The molecule has 0 aliphatic carbocycles. The van der Waals surface area contributed by atoms with Gasteiger partial charge in [0.15, 0.2) is 6.10 Å². The normalized spacial score (nSPS) is 11.3. The Morgan fingerprint density at radius 2 is 1.89 bits per heavy atom. The van der Waals surface area contributed by atoms with E-state index in [0.717, 1.165) is 6.07 Å². The number of halogens is 1. The van der Waals surface area contributed by atoms with Gasteiger partial charge in [0.25, 0.3) is 5.91 Å². The van der Waals surface area contributed by atoms with Gasteiger partial charge in [-0.3, -0.25) is 10.1 Å². The summed E-state index contributed by atoms with van der Waals surface area (Å²) < 4.78 is 18.0. The zero-order valence-electron chi connectivity index (χ0n) is 10.4. The number of carbonyl (C=O) groups excluding carboxylic acids is 3. The Morgan fingerprint density at radius 1 is 1.26 bits per heavy atom. The van der Waals surface area contributed by atoms with Crippen LogP contribution in [-0.2, 0) is 9.53 Å². The van der Waals surface area contributed by atoms with Gasteiger partial charge in [-0.1, -0.05) is 12.1 Å². The summed E-state index contributed by atoms with van der Waals surface area (Å²) in [6, 6.07) is 4.51. The Kier molecular flexibility index (Phi) is 4.99. The number of esters is 1. The first-order valence-electron chi connectivity index (χ1n) is 5.43. The average molecular weight is 268 g/mol. The lowest BCUT2D eigenvalue weighted by molar-refractivity contribution is -0.127. The third-order valence-corrected chi connectivity index (χ3v) is 2.21. The number of nitrogens with one attached hydrogen (secondary N) is 2. The Bertz CT molecular complexity index is 504. The second kappa shape index (κ2) is 6.48. The molecule has 102 valence electrons. The summed E-state index contributed by atoms with van der Waals surface area (Å²) in [7, 11) is 1.33. The molecule has 1 atom stereocenters. The van der Waals surface area contributed by atoms with Gasteiger partial charge >= 0.3 is 12.0 Å². The molecule has 1 aromatic carbocycles. The van der Waals surface area contributed by atoms with Crippen LogP contribution < -0.4 is 10.6 Å². The fourth-order valence-electron chi connectivity index (χ4n) is 1.18. The van der Waals surface area contributed by atoms with Crippen molar-refractivity contribution in [3.05, 3.63) is 35.6 Å². The molecule has 6 nitrogen and oxygen atoms in total. The largest absolute Gasteiger partial charge is 0.449 e. The number of amides is 3. The molecule has 0 fully saturated rings. The van der Waals surface area contributed by atoms with Crippen LogP contribution in [0.2, 0.25) is 0 Å². The molecular formula is C12H13FN2O4. The van der Waals surface area contributed by atoms with Crippen molar-refractivity contribution in [1.82, 2.24) is 10.6 Å². The maximum Gasteiger partial charge on any atom is 0.341 e. The topological polar surface area (TPSA) is 84.5 Å². The molecule has 19 heavy (non-hydrogen) atoms. The zero-order valence-corrected chi connectivity index (χ0v) is 10.4. The van der Waals surface area contributed by atoms with E-state index in [1.54, 1.807) is 0 Å². The van der Waals surface area contributed by atoms with Gasteiger partial charge in [-0.25, -0.2) is 14.0 Å². The fourth-order valence-corrected chi connectivity index (χ4v) is 1.18. The van der Waals surface area contributed by atoms with Gasteiger partial charge in [0, 0.05) is 7.05 Å². The van der Waals surface area contributed by atoms with E-state index in [9.17, 15) is 18.8 Å². The van der Waals surface area contributed by atoms with Crippen LogP contribution in [0, 0.1) is 5.82 Å². The Morgan fingerprint density at radius 3 is 2.47 bits per heavy atom. The molecule has 0 aromatic heterocycles. The van der Waals surface area contributed by atoms with E-state index in [1.807, 2.05) is 5.32 Å². The Labute approximate surface area is 108 Å². The van der Waals surface area contributed by atoms with Crippen LogP contribution in [-0.4, -0.2) is 31.1 Å². The number of benzene rings is 1. The van der Waals surface area contributed by atoms with Gasteiger partial charge in [-0.15, -0.1) is 0 Å². The molecular weight excluding hydrogens is 255 g/mol. The third-order valence-electron chi connectivity index (χ3n) is 2.21. The number of hydrogen-bond acceptors (Lipinski definition) is 4. The summed E-state index contributed by atoms with van der Waals surface area (Å²) in [4.78, 5) is 33.9. The highest BCUT2D eigenvalue weighted by Gasteiger charge is 2.21. The summed E-state index contributed by atoms with van der Waals surface area (Å²) in [5.41, 5.74) is -0.276. The van der Waals surface area contributed by atoms with Crippen LogP contribution in [0.3, 0.4) is 0 Å². The quantitative estimate of drug-likeness (QED) is 0.795. The van der Waals surface area contributed by atoms with Crippen molar-refractivity contribution < 1.29 is 23.5 Å². The monoisotopic (exact) mass is 268 g/mol. The predicted octanol–water partition coefficient (Wildman–Crippen LogP) is 0.827. The highest BCUT2D eigenvalue weighted by molar-refractivity contribution is 5.98. The summed E-state index contributed by atoms with van der Waals surface area (Å²) in [6.45, 7) is 1.27. The van der Waals surface area contributed by atoms with E-state index in [4.69, 9.17) is 4.74 Å². The van der Waals surface area contributed by atoms with Crippen LogP contribution in [0.25, 0.3) is 0 Å². The van der Waals surface area contributed by atoms with Crippen LogP contribution in [0.5, 0.6) is 0 Å². The standard InChI is InChI=1S/C12H13FN2O4/c1-7(10(16)15-12(18)14-2)19-11(17)8-5-3-4-6-9(8)13/h3-7H,1-2H3,(H2,14,15,16,18)/t7-/m1/s1. The fraction of sp³-hybridized carbons (Fsp3) is 0.250. The van der Waals surface area contributed by atoms with Crippen molar-refractivity contribution in [3.8, 4) is 0 Å². The molecule has 0 spiro atoms. The molecule has 1 rings (SSSR count). The summed E-state index contributed by atoms with van der Waals surface area (Å²) in [5.74, 6) is -2.52. The van der Waals surface area contributed by atoms with Crippen molar-refractivity contribution in [1.29, 1.82) is 0 Å². The summed E-state index contributed by atoms with van der Waals surface area (Å²) >= 11 is 0. The molecule has 1 aromatic rings. The van der Waals surface area contributed by atoms with Crippen molar-refractivity contribution in [2.45, 2.75) is 13.0 Å². The van der Waals surface area contributed by atoms with E-state index < -0.39 is 29.8 Å². The third kappa shape index (κ3) is 4.06. The van der Waals surface area contributed by atoms with Gasteiger partial charge in [0.2, 0.25) is 0 Å². The molecule has 0 bridgehead atoms. The SMILES string of the molecule is CNC(=O)NC(=O)[C@@H](C)OC(=O)c1ccccc1F. The number of ether oxygens (including phenoxy) is 1. The second-order valence-corrected chi connectivity index (χ2v) is 3.60. The Balaban J connectivity index is 2.64. The van der Waals surface area contributed by atoms with E-state index in [-0.39, 0.29) is 5.56 Å². The first-order chi connectivity index (χ1) is 8.95. The van der Waals surface area contributed by atoms with Crippen LogP contribution >= 0.6 is 0 Å². The number of urea groups is 1. The van der Waals surface area contributed by atoms with E-state index in [0.29, 0.717) is 0 Å². The van der Waals surface area contributed by atoms with Gasteiger partial charge in [0.05, 0.1) is 5.56 Å². The van der Waals surface area contributed by atoms with Crippen molar-refractivity contribution in [2.24, 2.45) is 0 Å². The Hall–Kier alpha value is -2.44. The van der Waals surface area contributed by atoms with E-state index in [2.05, 4.69) is 5.32 Å². The van der Waals surface area contributed by atoms with Crippen molar-refractivity contribution in [2.75, 3.05) is 7.05 Å². The van der Waals surface area contributed by atoms with Crippen LogP contribution in [0.1, 0.15) is 17.3 Å². The van der Waals surface area contributed by atoms with Gasteiger partial charge in [-0.2, -0.15) is 0 Å². The molecule has 0 heterocycles. The lowest BCUT2D eigenvalue weighted by Crippen LogP contribution is -2.43. The molecule has 0 aliphatic heterocycles. The number of rotatable bonds is 3. The maximum atomic E-state index is 13.3. The number of hydrogen-bond donors (Lipinski definition) is 2.